The Morgan fingerprint density at radius 1 is 0.786 bits per heavy atom. The second kappa shape index (κ2) is 13.9. The van der Waals surface area contributed by atoms with Crippen molar-refractivity contribution in [3.8, 4) is 5.75 Å². The van der Waals surface area contributed by atoms with Gasteiger partial charge in [-0.15, -0.1) is 0 Å². The third-order valence-electron chi connectivity index (χ3n) is 4.75. The first-order chi connectivity index (χ1) is 13.5. The number of hydrogen-bond acceptors (Lipinski definition) is 3. The van der Waals surface area contributed by atoms with E-state index in [0.717, 1.165) is 17.9 Å². The first kappa shape index (κ1) is 23.9. The number of methoxy groups -OCH3 is 1. The van der Waals surface area contributed by atoms with Crippen LogP contribution < -0.4 is 15.4 Å². The average Bonchev–Trinajstić information content (AvgIpc) is 2.70. The Labute approximate surface area is 172 Å². The number of anilines is 2. The van der Waals surface area contributed by atoms with E-state index in [0.29, 0.717) is 12.1 Å². The molecule has 0 amide bonds. The molecule has 0 spiro atoms. The van der Waals surface area contributed by atoms with Crippen molar-refractivity contribution in [2.24, 2.45) is 0 Å². The fraction of sp³-hybridized carbons (Fsp3) is 0.520. The molecular weight excluding hydrogens is 344 g/mol. The fourth-order valence-corrected chi connectivity index (χ4v) is 3.22. The molecule has 0 aliphatic heterocycles. The van der Waals surface area contributed by atoms with Gasteiger partial charge in [-0.2, -0.15) is 0 Å². The molecule has 156 valence electrons. The van der Waals surface area contributed by atoms with E-state index in [1.165, 1.54) is 36.9 Å². The van der Waals surface area contributed by atoms with E-state index < -0.39 is 0 Å². The van der Waals surface area contributed by atoms with Gasteiger partial charge in [-0.25, -0.2) is 0 Å². The van der Waals surface area contributed by atoms with E-state index >= 15 is 0 Å². The Morgan fingerprint density at radius 2 is 1.36 bits per heavy atom. The standard InChI is InChI=1S/C13H21N.C12H19NO/c1-4-8-11(3)14-13-10-7-6-9-12(13)5-2;1-4-5-10(2)13-11-6-8-12(14-3)9-7-11/h6-7,9-11,14H,4-5,8H2,1-3H3;6-10,13H,4-5H2,1-3H3. The van der Waals surface area contributed by atoms with Gasteiger partial charge < -0.3 is 15.4 Å². The summed E-state index contributed by atoms with van der Waals surface area (Å²) in [6.07, 6.45) is 5.98. The first-order valence-electron chi connectivity index (χ1n) is 10.8. The lowest BCUT2D eigenvalue weighted by atomic mass is 10.1. The predicted octanol–water partition coefficient (Wildman–Crippen LogP) is 7.15. The van der Waals surface area contributed by atoms with Crippen LogP contribution in [-0.4, -0.2) is 19.2 Å². The van der Waals surface area contributed by atoms with Crippen LogP contribution in [0, 0.1) is 0 Å². The lowest BCUT2D eigenvalue weighted by molar-refractivity contribution is 0.415. The average molecular weight is 385 g/mol. The Morgan fingerprint density at radius 3 is 1.89 bits per heavy atom. The van der Waals surface area contributed by atoms with Crippen molar-refractivity contribution in [3.63, 3.8) is 0 Å². The molecule has 28 heavy (non-hydrogen) atoms. The number of para-hydroxylation sites is 1. The number of ether oxygens (including phenoxy) is 1. The van der Waals surface area contributed by atoms with Crippen LogP contribution in [0.15, 0.2) is 48.5 Å². The largest absolute Gasteiger partial charge is 0.497 e. The molecule has 0 radical (unpaired) electrons. The SMILES string of the molecule is CCCC(C)Nc1ccc(OC)cc1.CCCC(C)Nc1ccccc1CC. The van der Waals surface area contributed by atoms with Gasteiger partial charge in [0.1, 0.15) is 5.75 Å². The summed E-state index contributed by atoms with van der Waals surface area (Å²) >= 11 is 0. The summed E-state index contributed by atoms with van der Waals surface area (Å²) in [6.45, 7) is 11.1. The number of nitrogens with one attached hydrogen (secondary N) is 2. The summed E-state index contributed by atoms with van der Waals surface area (Å²) in [5, 5.41) is 7.00. The van der Waals surface area contributed by atoms with Crippen molar-refractivity contribution in [2.75, 3.05) is 17.7 Å². The van der Waals surface area contributed by atoms with Crippen LogP contribution in [0.2, 0.25) is 0 Å². The van der Waals surface area contributed by atoms with Crippen molar-refractivity contribution < 1.29 is 4.74 Å². The lowest BCUT2D eigenvalue weighted by Gasteiger charge is -2.16. The molecule has 2 N–H and O–H groups in total. The normalized spacial score (nSPS) is 12.4. The van der Waals surface area contributed by atoms with Crippen LogP contribution in [-0.2, 0) is 6.42 Å². The molecule has 0 saturated heterocycles. The molecule has 2 unspecified atom stereocenters. The molecule has 2 rings (SSSR count). The van der Waals surface area contributed by atoms with Gasteiger partial charge in [0.2, 0.25) is 0 Å². The molecule has 0 aromatic heterocycles. The summed E-state index contributed by atoms with van der Waals surface area (Å²) < 4.78 is 5.09. The van der Waals surface area contributed by atoms with Gasteiger partial charge in [0.15, 0.2) is 0 Å². The molecule has 0 aliphatic rings. The van der Waals surface area contributed by atoms with Crippen LogP contribution >= 0.6 is 0 Å². The highest BCUT2D eigenvalue weighted by Crippen LogP contribution is 2.18. The minimum absolute atomic E-state index is 0.536. The van der Waals surface area contributed by atoms with Crippen LogP contribution in [0.4, 0.5) is 11.4 Å². The number of hydrogen-bond donors (Lipinski definition) is 2. The van der Waals surface area contributed by atoms with Gasteiger partial charge in [0.25, 0.3) is 0 Å². The zero-order valence-electron chi connectivity index (χ0n) is 18.7. The fourth-order valence-electron chi connectivity index (χ4n) is 3.22. The highest BCUT2D eigenvalue weighted by Gasteiger charge is 2.03. The van der Waals surface area contributed by atoms with Gasteiger partial charge in [-0.05, 0) is 69.0 Å². The minimum atomic E-state index is 0.536. The summed E-state index contributed by atoms with van der Waals surface area (Å²) in [7, 11) is 1.68. The second-order valence-electron chi connectivity index (χ2n) is 7.41. The smallest absolute Gasteiger partial charge is 0.119 e. The van der Waals surface area contributed by atoms with Crippen molar-refractivity contribution in [1.82, 2.24) is 0 Å². The molecule has 3 nitrogen and oxygen atoms in total. The van der Waals surface area contributed by atoms with Crippen LogP contribution in [0.5, 0.6) is 5.75 Å². The number of aryl methyl sites for hydroxylation is 1. The van der Waals surface area contributed by atoms with Crippen molar-refractivity contribution in [2.45, 2.75) is 78.8 Å². The summed E-state index contributed by atoms with van der Waals surface area (Å²) in [4.78, 5) is 0. The third-order valence-corrected chi connectivity index (χ3v) is 4.75. The topological polar surface area (TPSA) is 33.3 Å². The number of rotatable bonds is 10. The highest BCUT2D eigenvalue weighted by atomic mass is 16.5. The Hall–Kier alpha value is -2.16. The van der Waals surface area contributed by atoms with Crippen molar-refractivity contribution in [3.05, 3.63) is 54.1 Å². The highest BCUT2D eigenvalue weighted by molar-refractivity contribution is 5.51. The van der Waals surface area contributed by atoms with E-state index in [-0.39, 0.29) is 0 Å². The molecule has 0 heterocycles. The lowest BCUT2D eigenvalue weighted by Crippen LogP contribution is -2.15. The maximum Gasteiger partial charge on any atom is 0.119 e. The number of benzene rings is 2. The third kappa shape index (κ3) is 9.16. The summed E-state index contributed by atoms with van der Waals surface area (Å²) in [6, 6.07) is 17.7. The zero-order chi connectivity index (χ0) is 20.8. The van der Waals surface area contributed by atoms with Crippen molar-refractivity contribution in [1.29, 1.82) is 0 Å². The monoisotopic (exact) mass is 384 g/mol. The summed E-state index contributed by atoms with van der Waals surface area (Å²) in [5.74, 6) is 0.902. The molecule has 0 bridgehead atoms. The van der Waals surface area contributed by atoms with Gasteiger partial charge in [-0.3, -0.25) is 0 Å². The van der Waals surface area contributed by atoms with Crippen LogP contribution in [0.25, 0.3) is 0 Å². The first-order valence-corrected chi connectivity index (χ1v) is 10.8. The van der Waals surface area contributed by atoms with E-state index in [1.807, 2.05) is 24.3 Å². The Kier molecular flexibility index (Phi) is 11.9. The van der Waals surface area contributed by atoms with Gasteiger partial charge >= 0.3 is 0 Å². The Bertz CT molecular complexity index is 639. The maximum atomic E-state index is 5.09. The maximum absolute atomic E-state index is 5.09. The predicted molar refractivity (Wildman–Crippen MR) is 125 cm³/mol. The molecule has 2 aromatic rings. The molecule has 0 saturated carbocycles. The molecule has 2 atom stereocenters. The van der Waals surface area contributed by atoms with Crippen LogP contribution in [0.3, 0.4) is 0 Å². The Balaban J connectivity index is 0.000000280. The van der Waals surface area contributed by atoms with E-state index in [1.54, 1.807) is 7.11 Å². The molecular formula is C25H40N2O. The van der Waals surface area contributed by atoms with E-state index in [4.69, 9.17) is 4.74 Å². The molecule has 2 aromatic carbocycles. The van der Waals surface area contributed by atoms with E-state index in [2.05, 4.69) is 69.5 Å². The van der Waals surface area contributed by atoms with Gasteiger partial charge in [0, 0.05) is 23.5 Å². The van der Waals surface area contributed by atoms with E-state index in [9.17, 15) is 0 Å². The van der Waals surface area contributed by atoms with Gasteiger partial charge in [0.05, 0.1) is 7.11 Å². The quantitative estimate of drug-likeness (QED) is 0.456. The van der Waals surface area contributed by atoms with Crippen molar-refractivity contribution >= 4 is 11.4 Å². The second-order valence-corrected chi connectivity index (χ2v) is 7.41. The zero-order valence-corrected chi connectivity index (χ0v) is 18.7. The molecule has 0 aliphatic carbocycles. The molecule has 0 fully saturated rings. The van der Waals surface area contributed by atoms with Gasteiger partial charge in [-0.1, -0.05) is 51.8 Å². The minimum Gasteiger partial charge on any atom is -0.497 e. The summed E-state index contributed by atoms with van der Waals surface area (Å²) in [5.41, 5.74) is 3.87. The van der Waals surface area contributed by atoms with Crippen LogP contribution in [0.1, 0.15) is 65.9 Å². The molecule has 3 heteroatoms.